The van der Waals surface area contributed by atoms with Crippen molar-refractivity contribution in [3.8, 4) is 5.69 Å². The average molecular weight is 536 g/mol. The number of rotatable bonds is 5. The van der Waals surface area contributed by atoms with E-state index in [2.05, 4.69) is 48.5 Å². The molecule has 10 heteroatoms. The molecule has 41 heavy (non-hydrogen) atoms. The molecule has 0 bridgehead atoms. The number of nitrogens with one attached hydrogen (secondary N) is 2. The minimum absolute atomic E-state index is 0.242. The summed E-state index contributed by atoms with van der Waals surface area (Å²) in [6, 6.07) is 23.3. The maximum atomic E-state index is 7.80. The Kier molecular flexibility index (Phi) is 4.69. The van der Waals surface area contributed by atoms with E-state index in [9.17, 15) is 0 Å². The summed E-state index contributed by atoms with van der Waals surface area (Å²) in [7, 11) is 0. The summed E-state index contributed by atoms with van der Waals surface area (Å²) in [4.78, 5) is 9.56. The van der Waals surface area contributed by atoms with E-state index in [0.717, 1.165) is 33.5 Å². The maximum Gasteiger partial charge on any atom is 0.410 e. The highest BCUT2D eigenvalue weighted by atomic mass is 16.5. The lowest BCUT2D eigenvalue weighted by atomic mass is 9.60. The number of fused-ring (bicyclic) bond motifs is 5. The van der Waals surface area contributed by atoms with Crippen LogP contribution in [0.15, 0.2) is 133 Å². The minimum atomic E-state index is -2.19. The Morgan fingerprint density at radius 2 is 1.66 bits per heavy atom. The number of nitrogens with zero attached hydrogens (tertiary/aromatic N) is 5. The van der Waals surface area contributed by atoms with Gasteiger partial charge in [-0.15, -0.1) is 0 Å². The third-order valence-corrected chi connectivity index (χ3v) is 7.39. The van der Waals surface area contributed by atoms with E-state index in [1.54, 1.807) is 24.4 Å². The maximum absolute atomic E-state index is 7.80. The van der Waals surface area contributed by atoms with Crippen LogP contribution in [0.3, 0.4) is 0 Å². The van der Waals surface area contributed by atoms with E-state index < -0.39 is 6.85 Å². The number of para-hydroxylation sites is 4. The summed E-state index contributed by atoms with van der Waals surface area (Å²) in [5.41, 5.74) is 5.83. The quantitative estimate of drug-likeness (QED) is 0.322. The minimum Gasteiger partial charge on any atom is -0.428 e. The molecule has 0 atom stereocenters. The fourth-order valence-electron chi connectivity index (χ4n) is 5.61. The zero-order valence-electron chi connectivity index (χ0n) is 24.8. The summed E-state index contributed by atoms with van der Waals surface area (Å²) in [6.45, 7) is -2.74. The van der Waals surface area contributed by atoms with E-state index in [4.69, 9.17) is 13.8 Å². The summed E-state index contributed by atoms with van der Waals surface area (Å²) in [5, 5.41) is 6.94. The summed E-state index contributed by atoms with van der Waals surface area (Å²) >= 11 is 0. The number of imidazole rings is 3. The molecule has 0 saturated carbocycles. The molecule has 0 amide bonds. The molecule has 8 rings (SSSR count). The predicted molar refractivity (Wildman–Crippen MR) is 165 cm³/mol. The molecule has 3 aromatic carbocycles. The first kappa shape index (κ1) is 20.5. The fourth-order valence-corrected chi connectivity index (χ4v) is 5.61. The third-order valence-electron chi connectivity index (χ3n) is 7.39. The number of allylic oxidation sites excluding steroid dienone is 4. The van der Waals surface area contributed by atoms with Crippen LogP contribution in [0.1, 0.15) is 9.68 Å². The van der Waals surface area contributed by atoms with Gasteiger partial charge in [-0.3, -0.25) is 4.40 Å². The van der Waals surface area contributed by atoms with Crippen molar-refractivity contribution in [3.63, 3.8) is 0 Å². The van der Waals surface area contributed by atoms with Crippen LogP contribution in [-0.4, -0.2) is 37.2 Å². The number of hydrogen-bond acceptors (Lipinski definition) is 5. The number of ether oxygens (including phenoxy) is 1. The van der Waals surface area contributed by atoms with Crippen molar-refractivity contribution in [1.82, 2.24) is 33.9 Å². The van der Waals surface area contributed by atoms with Gasteiger partial charge in [0.2, 0.25) is 5.78 Å². The summed E-state index contributed by atoms with van der Waals surface area (Å²) < 4.78 is 36.0. The lowest BCUT2D eigenvalue weighted by Gasteiger charge is -2.24. The van der Waals surface area contributed by atoms with E-state index >= 15 is 0 Å². The molecule has 196 valence electrons. The molecule has 0 spiro atoms. The predicted octanol–water partition coefficient (Wildman–Crippen LogP) is 4.27. The molecular formula is C31H25B2N7O. The first-order valence-electron chi connectivity index (χ1n) is 14.9. The highest BCUT2D eigenvalue weighted by molar-refractivity contribution is 6.74. The first-order chi connectivity index (χ1) is 21.4. The smallest absolute Gasteiger partial charge is 0.410 e. The monoisotopic (exact) mass is 536 g/mol. The Morgan fingerprint density at radius 3 is 2.56 bits per heavy atom. The molecule has 5 heterocycles. The Balaban J connectivity index is 1.05. The average Bonchev–Trinajstić information content (AvgIpc) is 3.75. The second-order valence-electron chi connectivity index (χ2n) is 9.95. The van der Waals surface area contributed by atoms with Crippen LogP contribution in [0.25, 0.3) is 33.5 Å². The molecule has 8 nitrogen and oxygen atoms in total. The van der Waals surface area contributed by atoms with Crippen LogP contribution in [-0.2, 0) is 4.74 Å². The van der Waals surface area contributed by atoms with Crippen molar-refractivity contribution in [2.24, 2.45) is 0 Å². The van der Waals surface area contributed by atoms with Crippen molar-refractivity contribution in [1.29, 1.82) is 0 Å². The highest BCUT2D eigenvalue weighted by Gasteiger charge is 2.28. The van der Waals surface area contributed by atoms with Gasteiger partial charge in [0.05, 0.1) is 22.1 Å². The lowest BCUT2D eigenvalue weighted by Crippen LogP contribution is -2.49. The molecule has 2 aliphatic rings. The molecule has 0 aliphatic carbocycles. The third kappa shape index (κ3) is 3.95. The van der Waals surface area contributed by atoms with Gasteiger partial charge >= 0.3 is 13.8 Å². The Labute approximate surface area is 241 Å². The van der Waals surface area contributed by atoms with E-state index in [1.165, 1.54) is 0 Å². The van der Waals surface area contributed by atoms with E-state index in [0.29, 0.717) is 17.5 Å². The van der Waals surface area contributed by atoms with Crippen molar-refractivity contribution in [2.75, 3.05) is 0 Å². The van der Waals surface area contributed by atoms with Gasteiger partial charge in [0.25, 0.3) is 0 Å². The van der Waals surface area contributed by atoms with Crippen molar-refractivity contribution in [3.05, 3.63) is 139 Å². The summed E-state index contributed by atoms with van der Waals surface area (Å²) in [6.07, 6.45) is 11.2. The van der Waals surface area contributed by atoms with Crippen molar-refractivity contribution < 1.29 is 8.85 Å². The molecule has 0 fully saturated rings. The van der Waals surface area contributed by atoms with Crippen LogP contribution >= 0.6 is 0 Å². The normalized spacial score (nSPS) is 16.2. The van der Waals surface area contributed by atoms with E-state index in [1.807, 2.05) is 77.4 Å². The molecule has 2 aliphatic heterocycles. The van der Waals surface area contributed by atoms with Crippen LogP contribution in [0, 0.1) is 6.85 Å². The largest absolute Gasteiger partial charge is 0.428 e. The molecule has 0 unspecified atom stereocenters. The first-order valence-corrected chi connectivity index (χ1v) is 13.4. The molecule has 0 radical (unpaired) electrons. The molecule has 6 aromatic rings. The van der Waals surface area contributed by atoms with Gasteiger partial charge in [0.15, 0.2) is 11.8 Å². The van der Waals surface area contributed by atoms with Gasteiger partial charge in [-0.2, -0.15) is 0 Å². The number of hydrogen-bond donors (Lipinski definition) is 2. The van der Waals surface area contributed by atoms with Gasteiger partial charge in [0.1, 0.15) is 5.72 Å². The van der Waals surface area contributed by atoms with E-state index in [-0.39, 0.29) is 19.4 Å². The molecular weight excluding hydrogens is 508 g/mol. The zero-order valence-corrected chi connectivity index (χ0v) is 21.8. The number of benzene rings is 3. The van der Waals surface area contributed by atoms with Crippen molar-refractivity contribution in [2.45, 2.75) is 6.85 Å². The lowest BCUT2D eigenvalue weighted by molar-refractivity contribution is 0.276. The van der Waals surface area contributed by atoms with Crippen LogP contribution in [0.5, 0.6) is 0 Å². The number of aromatic nitrogens is 5. The van der Waals surface area contributed by atoms with Gasteiger partial charge < -0.3 is 24.2 Å². The SMILES string of the molecule is [2H]C([2H])([2H])c1cccc(-n2ccnc2B2C=CC=C(OC3=CC=CB(n4c5ccccc5n5c6ccccc6nc45)N3)N2)c1. The van der Waals surface area contributed by atoms with Gasteiger partial charge in [0, 0.05) is 22.2 Å². The zero-order chi connectivity index (χ0) is 29.8. The van der Waals surface area contributed by atoms with Crippen LogP contribution < -0.4 is 16.2 Å². The molecule has 3 aromatic heterocycles. The molecule has 0 saturated heterocycles. The Hall–Kier alpha value is -5.37. The van der Waals surface area contributed by atoms with Gasteiger partial charge in [-0.25, -0.2) is 9.97 Å². The second kappa shape index (κ2) is 9.38. The Morgan fingerprint density at radius 1 is 0.854 bits per heavy atom. The number of aryl methyl sites for hydroxylation is 1. The van der Waals surface area contributed by atoms with Crippen LogP contribution in [0.4, 0.5) is 0 Å². The fraction of sp³-hybridized carbons (Fsp3) is 0.0323. The standard InChI is InChI=1S/C31H25B2N7O/c1-22-9-6-10-23(21-22)38-20-19-34-30(38)32-17-7-15-28(36-32)41-29-16-8-18-33(37-29)40-27-14-5-4-13-26(27)39-25-12-3-2-11-24(25)35-31(39)40/h2-21,36-37H,1H3/i1D3. The Bertz CT molecular complexity index is 2190. The van der Waals surface area contributed by atoms with Gasteiger partial charge in [-0.1, -0.05) is 60.5 Å². The summed E-state index contributed by atoms with van der Waals surface area (Å²) in [5.74, 6) is 6.02. The topological polar surface area (TPSA) is 73.3 Å². The van der Waals surface area contributed by atoms with Crippen molar-refractivity contribution >= 4 is 47.4 Å². The van der Waals surface area contributed by atoms with Gasteiger partial charge in [-0.05, 0) is 61.0 Å². The second-order valence-corrected chi connectivity index (χ2v) is 9.95. The van der Waals surface area contributed by atoms with Crippen LogP contribution in [0.2, 0.25) is 0 Å². The highest BCUT2D eigenvalue weighted by Crippen LogP contribution is 2.27. The molecule has 2 N–H and O–H groups in total.